The van der Waals surface area contributed by atoms with Crippen molar-refractivity contribution in [3.63, 3.8) is 0 Å². The molecule has 0 spiro atoms. The van der Waals surface area contributed by atoms with E-state index >= 15 is 0 Å². The molecular weight excluding hydrogens is 357 g/mol. The van der Waals surface area contributed by atoms with E-state index in [0.29, 0.717) is 22.9 Å². The van der Waals surface area contributed by atoms with Gasteiger partial charge in [-0.15, -0.1) is 0 Å². The fraction of sp³-hybridized carbons (Fsp3) is 0.250. The van der Waals surface area contributed by atoms with Crippen LogP contribution in [0.25, 0.3) is 0 Å². The topological polar surface area (TPSA) is 21.3 Å². The minimum absolute atomic E-state index is 0.314. The Morgan fingerprint density at radius 1 is 1.29 bits per heavy atom. The Morgan fingerprint density at radius 3 is 2.67 bits per heavy atom. The molecule has 1 N–H and O–H groups in total. The van der Waals surface area contributed by atoms with E-state index in [4.69, 9.17) is 16.3 Å². The van der Waals surface area contributed by atoms with Gasteiger partial charge < -0.3 is 10.1 Å². The zero-order valence-corrected chi connectivity index (χ0v) is 14.1. The zero-order chi connectivity index (χ0) is 15.4. The maximum Gasteiger partial charge on any atom is 0.132 e. The van der Waals surface area contributed by atoms with Gasteiger partial charge in [0.15, 0.2) is 0 Å². The molecule has 1 atom stereocenters. The highest BCUT2D eigenvalue weighted by molar-refractivity contribution is 9.10. The lowest BCUT2D eigenvalue weighted by molar-refractivity contribution is 0.410. The van der Waals surface area contributed by atoms with Crippen LogP contribution in [0.15, 0.2) is 40.9 Å². The van der Waals surface area contributed by atoms with Crippen molar-refractivity contribution in [2.45, 2.75) is 13.0 Å². The molecule has 2 aromatic carbocycles. The van der Waals surface area contributed by atoms with Crippen LogP contribution in [0.2, 0.25) is 5.02 Å². The van der Waals surface area contributed by atoms with Gasteiger partial charge in [0.25, 0.3) is 0 Å². The van der Waals surface area contributed by atoms with E-state index in [9.17, 15) is 4.39 Å². The molecule has 0 saturated carbocycles. The Bertz CT molecular complexity index is 636. The van der Waals surface area contributed by atoms with Crippen LogP contribution in [0.3, 0.4) is 0 Å². The third-order valence-electron chi connectivity index (χ3n) is 3.22. The molecule has 5 heteroatoms. The number of nitrogens with one attached hydrogen (secondary N) is 1. The molecule has 0 radical (unpaired) electrons. The van der Waals surface area contributed by atoms with Gasteiger partial charge in [0, 0.05) is 16.1 Å². The number of halogens is 3. The summed E-state index contributed by atoms with van der Waals surface area (Å²) in [5, 5.41) is 3.86. The van der Waals surface area contributed by atoms with E-state index in [-0.39, 0.29) is 11.9 Å². The summed E-state index contributed by atoms with van der Waals surface area (Å²) in [6.07, 6.45) is 0. The summed E-state index contributed by atoms with van der Waals surface area (Å²) in [5.74, 6) is 0.170. The third-order valence-corrected chi connectivity index (χ3v) is 4.53. The normalized spacial score (nSPS) is 12.2. The molecule has 0 fully saturated rings. The molecule has 0 aliphatic carbocycles. The van der Waals surface area contributed by atoms with Gasteiger partial charge in [-0.05, 0) is 40.2 Å². The van der Waals surface area contributed by atoms with Crippen LogP contribution < -0.4 is 10.1 Å². The summed E-state index contributed by atoms with van der Waals surface area (Å²) < 4.78 is 20.2. The van der Waals surface area contributed by atoms with Crippen molar-refractivity contribution in [2.75, 3.05) is 13.7 Å². The van der Waals surface area contributed by atoms with Crippen molar-refractivity contribution in [3.8, 4) is 5.75 Å². The first kappa shape index (κ1) is 16.3. The smallest absolute Gasteiger partial charge is 0.132 e. The Kier molecular flexibility index (Phi) is 5.62. The van der Waals surface area contributed by atoms with Gasteiger partial charge in [-0.2, -0.15) is 0 Å². The fourth-order valence-corrected chi connectivity index (χ4v) is 2.82. The van der Waals surface area contributed by atoms with Crippen LogP contribution in [0.1, 0.15) is 24.1 Å². The summed E-state index contributed by atoms with van der Waals surface area (Å²) in [7, 11) is 1.52. The number of rotatable bonds is 5. The highest BCUT2D eigenvalue weighted by Crippen LogP contribution is 2.35. The summed E-state index contributed by atoms with van der Waals surface area (Å²) in [6, 6.07) is 10.2. The number of ether oxygens (including phenoxy) is 1. The van der Waals surface area contributed by atoms with Gasteiger partial charge >= 0.3 is 0 Å². The monoisotopic (exact) mass is 371 g/mol. The molecule has 0 saturated heterocycles. The van der Waals surface area contributed by atoms with Gasteiger partial charge in [0.1, 0.15) is 11.6 Å². The Balaban J connectivity index is 2.51. The molecule has 0 aliphatic heterocycles. The molecule has 0 heterocycles. The van der Waals surface area contributed by atoms with Crippen molar-refractivity contribution in [2.24, 2.45) is 0 Å². The Labute approximate surface area is 137 Å². The second kappa shape index (κ2) is 7.25. The van der Waals surface area contributed by atoms with Crippen LogP contribution >= 0.6 is 27.5 Å². The summed E-state index contributed by atoms with van der Waals surface area (Å²) >= 11 is 9.76. The van der Waals surface area contributed by atoms with Crippen molar-refractivity contribution in [1.29, 1.82) is 0 Å². The van der Waals surface area contributed by atoms with Crippen LogP contribution in [0, 0.1) is 5.82 Å². The molecule has 2 aromatic rings. The maximum atomic E-state index is 14.4. The van der Waals surface area contributed by atoms with Gasteiger partial charge in [0.05, 0.1) is 18.2 Å². The predicted molar refractivity (Wildman–Crippen MR) is 87.6 cm³/mol. The van der Waals surface area contributed by atoms with E-state index in [1.165, 1.54) is 13.2 Å². The van der Waals surface area contributed by atoms with Gasteiger partial charge in [-0.25, -0.2) is 4.39 Å². The summed E-state index contributed by atoms with van der Waals surface area (Å²) in [5.41, 5.74) is 1.37. The molecule has 0 amide bonds. The summed E-state index contributed by atoms with van der Waals surface area (Å²) in [4.78, 5) is 0. The van der Waals surface area contributed by atoms with Crippen molar-refractivity contribution < 1.29 is 9.13 Å². The maximum absolute atomic E-state index is 14.4. The quantitative estimate of drug-likeness (QED) is 0.802. The number of hydrogen-bond donors (Lipinski definition) is 1. The summed E-state index contributed by atoms with van der Waals surface area (Å²) in [6.45, 7) is 2.67. The highest BCUT2D eigenvalue weighted by atomic mass is 79.9. The molecule has 21 heavy (non-hydrogen) atoms. The van der Waals surface area contributed by atoms with Gasteiger partial charge in [-0.1, -0.05) is 36.7 Å². The molecule has 2 rings (SSSR count). The van der Waals surface area contributed by atoms with E-state index < -0.39 is 0 Å². The number of methoxy groups -OCH3 is 1. The minimum Gasteiger partial charge on any atom is -0.497 e. The lowest BCUT2D eigenvalue weighted by Gasteiger charge is -2.21. The molecule has 112 valence electrons. The average molecular weight is 373 g/mol. The fourth-order valence-electron chi connectivity index (χ4n) is 2.20. The average Bonchev–Trinajstić information content (AvgIpc) is 2.48. The molecule has 2 nitrogen and oxygen atoms in total. The van der Waals surface area contributed by atoms with Crippen molar-refractivity contribution in [3.05, 3.63) is 62.8 Å². The van der Waals surface area contributed by atoms with Gasteiger partial charge in [0.2, 0.25) is 0 Å². The lowest BCUT2D eigenvalue weighted by Crippen LogP contribution is -2.23. The highest BCUT2D eigenvalue weighted by Gasteiger charge is 2.20. The van der Waals surface area contributed by atoms with Gasteiger partial charge in [-0.3, -0.25) is 0 Å². The Hall–Kier alpha value is -1.10. The van der Waals surface area contributed by atoms with Crippen LogP contribution in [-0.2, 0) is 0 Å². The third kappa shape index (κ3) is 3.57. The first-order valence-corrected chi connectivity index (χ1v) is 7.76. The van der Waals surface area contributed by atoms with Crippen LogP contribution in [-0.4, -0.2) is 13.7 Å². The lowest BCUT2D eigenvalue weighted by atomic mass is 9.98. The minimum atomic E-state index is -0.323. The first-order chi connectivity index (χ1) is 10.1. The van der Waals surface area contributed by atoms with Crippen molar-refractivity contribution in [1.82, 2.24) is 5.32 Å². The molecule has 1 unspecified atom stereocenters. The number of hydrogen-bond acceptors (Lipinski definition) is 2. The van der Waals surface area contributed by atoms with Crippen LogP contribution in [0.5, 0.6) is 5.75 Å². The van der Waals surface area contributed by atoms with Crippen molar-refractivity contribution >= 4 is 27.5 Å². The van der Waals surface area contributed by atoms with E-state index in [2.05, 4.69) is 21.2 Å². The zero-order valence-electron chi connectivity index (χ0n) is 11.8. The first-order valence-electron chi connectivity index (χ1n) is 6.59. The SMILES string of the molecule is CCNC(c1ccc(OC)cc1F)c1cccc(Br)c1Cl. The number of benzene rings is 2. The molecular formula is C16H16BrClFNO. The molecule has 0 aromatic heterocycles. The van der Waals surface area contributed by atoms with Crippen LogP contribution in [0.4, 0.5) is 4.39 Å². The largest absolute Gasteiger partial charge is 0.497 e. The van der Waals surface area contributed by atoms with E-state index in [1.54, 1.807) is 12.1 Å². The van der Waals surface area contributed by atoms with E-state index in [0.717, 1.165) is 10.0 Å². The standard InChI is InChI=1S/C16H16BrClFNO/c1-3-20-16(12-5-4-6-13(17)15(12)18)11-8-7-10(21-2)9-14(11)19/h4-9,16,20H,3H2,1-2H3. The van der Waals surface area contributed by atoms with E-state index in [1.807, 2.05) is 25.1 Å². The Morgan fingerprint density at radius 2 is 2.05 bits per heavy atom. The molecule has 0 bridgehead atoms. The second-order valence-corrected chi connectivity index (χ2v) is 5.75. The molecule has 0 aliphatic rings. The predicted octanol–water partition coefficient (Wildman–Crippen LogP) is 4.95. The second-order valence-electron chi connectivity index (χ2n) is 4.52.